The van der Waals surface area contributed by atoms with Crippen molar-refractivity contribution in [3.05, 3.63) is 30.1 Å². The van der Waals surface area contributed by atoms with Crippen LogP contribution in [0.1, 0.15) is 19.8 Å². The Morgan fingerprint density at radius 2 is 2.31 bits per heavy atom. The summed E-state index contributed by atoms with van der Waals surface area (Å²) in [5.41, 5.74) is 0. The highest BCUT2D eigenvalue weighted by Gasteiger charge is 2.04. The molecule has 0 aromatic heterocycles. The molecule has 0 spiro atoms. The van der Waals surface area contributed by atoms with Gasteiger partial charge >= 0.3 is 5.97 Å². The zero-order valence-corrected chi connectivity index (χ0v) is 10.1. The predicted molar refractivity (Wildman–Crippen MR) is 63.0 cm³/mol. The second-order valence-corrected chi connectivity index (χ2v) is 4.37. The molecular formula is C12H15FO2S. The van der Waals surface area contributed by atoms with Crippen LogP contribution in [0.25, 0.3) is 0 Å². The van der Waals surface area contributed by atoms with Crippen molar-refractivity contribution in [2.75, 3.05) is 12.4 Å². The zero-order valence-electron chi connectivity index (χ0n) is 9.24. The molecule has 0 saturated carbocycles. The summed E-state index contributed by atoms with van der Waals surface area (Å²) in [4.78, 5) is 12.0. The van der Waals surface area contributed by atoms with E-state index in [2.05, 4.69) is 0 Å². The average molecular weight is 242 g/mol. The van der Waals surface area contributed by atoms with Crippen molar-refractivity contribution >= 4 is 17.7 Å². The monoisotopic (exact) mass is 242 g/mol. The molecule has 2 nitrogen and oxygen atoms in total. The minimum Gasteiger partial charge on any atom is -0.465 e. The maximum absolute atomic E-state index is 12.8. The molecule has 0 saturated heterocycles. The van der Waals surface area contributed by atoms with Crippen LogP contribution in [0.5, 0.6) is 0 Å². The van der Waals surface area contributed by atoms with Crippen molar-refractivity contribution in [3.8, 4) is 0 Å². The third-order valence-corrected chi connectivity index (χ3v) is 2.88. The number of carbonyl (C=O) groups is 1. The number of esters is 1. The van der Waals surface area contributed by atoms with Crippen molar-refractivity contribution in [2.45, 2.75) is 24.7 Å². The Labute approximate surface area is 99.2 Å². The summed E-state index contributed by atoms with van der Waals surface area (Å²) in [6.45, 7) is 2.51. The van der Waals surface area contributed by atoms with E-state index in [0.29, 0.717) is 6.61 Å². The maximum atomic E-state index is 12.8. The number of carbonyl (C=O) groups excluding carboxylic acids is 1. The molecule has 88 valence electrons. The molecule has 0 heterocycles. The van der Waals surface area contributed by atoms with E-state index in [1.807, 2.05) is 6.92 Å². The molecule has 1 aromatic carbocycles. The lowest BCUT2D eigenvalue weighted by Crippen LogP contribution is -2.08. The molecule has 0 aliphatic carbocycles. The Hall–Kier alpha value is -1.03. The smallest absolute Gasteiger partial charge is 0.316 e. The molecule has 0 amide bonds. The number of hydrogen-bond donors (Lipinski definition) is 0. The fourth-order valence-corrected chi connectivity index (χ4v) is 1.81. The summed E-state index contributed by atoms with van der Waals surface area (Å²) in [5.74, 6) is -0.306. The second-order valence-electron chi connectivity index (χ2n) is 3.32. The lowest BCUT2D eigenvalue weighted by Gasteiger charge is -2.03. The lowest BCUT2D eigenvalue weighted by atomic mass is 10.4. The van der Waals surface area contributed by atoms with Crippen molar-refractivity contribution in [1.29, 1.82) is 0 Å². The Balaban J connectivity index is 2.26. The molecule has 0 aliphatic heterocycles. The van der Waals surface area contributed by atoms with Gasteiger partial charge in [0.2, 0.25) is 0 Å². The van der Waals surface area contributed by atoms with E-state index in [4.69, 9.17) is 4.74 Å². The summed E-state index contributed by atoms with van der Waals surface area (Å²) >= 11 is 1.29. The molecule has 4 heteroatoms. The van der Waals surface area contributed by atoms with Crippen LogP contribution in [-0.4, -0.2) is 18.3 Å². The third-order valence-electron chi connectivity index (χ3n) is 1.91. The SMILES string of the molecule is CCCCOC(=O)CSc1cccc(F)c1. The summed E-state index contributed by atoms with van der Waals surface area (Å²) in [5, 5.41) is 0. The van der Waals surface area contributed by atoms with Gasteiger partial charge in [-0.15, -0.1) is 11.8 Å². The van der Waals surface area contributed by atoms with Crippen LogP contribution in [0.15, 0.2) is 29.2 Å². The third kappa shape index (κ3) is 5.16. The summed E-state index contributed by atoms with van der Waals surface area (Å²) in [7, 11) is 0. The van der Waals surface area contributed by atoms with Gasteiger partial charge in [0.25, 0.3) is 0 Å². The normalized spacial score (nSPS) is 10.1. The fourth-order valence-electron chi connectivity index (χ4n) is 1.07. The van der Waals surface area contributed by atoms with Crippen LogP contribution in [0.3, 0.4) is 0 Å². The first-order chi connectivity index (χ1) is 7.72. The van der Waals surface area contributed by atoms with Gasteiger partial charge in [0, 0.05) is 4.90 Å². The molecular weight excluding hydrogens is 227 g/mol. The summed E-state index contributed by atoms with van der Waals surface area (Å²) in [6, 6.07) is 6.18. The van der Waals surface area contributed by atoms with Crippen molar-refractivity contribution < 1.29 is 13.9 Å². The predicted octanol–water partition coefficient (Wildman–Crippen LogP) is 3.26. The minimum atomic E-state index is -0.288. The first-order valence-corrected chi connectivity index (χ1v) is 6.25. The van der Waals surface area contributed by atoms with E-state index in [-0.39, 0.29) is 17.5 Å². The highest BCUT2D eigenvalue weighted by molar-refractivity contribution is 8.00. The van der Waals surface area contributed by atoms with Gasteiger partial charge in [-0.3, -0.25) is 4.79 Å². The Morgan fingerprint density at radius 3 is 3.00 bits per heavy atom. The maximum Gasteiger partial charge on any atom is 0.316 e. The number of rotatable bonds is 6. The van der Waals surface area contributed by atoms with Crippen molar-refractivity contribution in [3.63, 3.8) is 0 Å². The largest absolute Gasteiger partial charge is 0.465 e. The summed E-state index contributed by atoms with van der Waals surface area (Å²) in [6.07, 6.45) is 1.89. The van der Waals surface area contributed by atoms with Gasteiger partial charge in [-0.1, -0.05) is 19.4 Å². The van der Waals surface area contributed by atoms with Crippen molar-refractivity contribution in [1.82, 2.24) is 0 Å². The molecule has 0 aliphatic rings. The van der Waals surface area contributed by atoms with Gasteiger partial charge < -0.3 is 4.74 Å². The topological polar surface area (TPSA) is 26.3 Å². The van der Waals surface area contributed by atoms with Crippen LogP contribution in [-0.2, 0) is 9.53 Å². The van der Waals surface area contributed by atoms with E-state index in [1.165, 1.54) is 23.9 Å². The quantitative estimate of drug-likeness (QED) is 0.435. The van der Waals surface area contributed by atoms with E-state index < -0.39 is 0 Å². The van der Waals surface area contributed by atoms with E-state index in [9.17, 15) is 9.18 Å². The lowest BCUT2D eigenvalue weighted by molar-refractivity contribution is -0.140. The molecule has 1 aromatic rings. The Kier molecular flexibility index (Phi) is 5.93. The van der Waals surface area contributed by atoms with Gasteiger partial charge in [-0.25, -0.2) is 4.39 Å². The Morgan fingerprint density at radius 1 is 1.50 bits per heavy atom. The average Bonchev–Trinajstić information content (AvgIpc) is 2.27. The minimum absolute atomic E-state index is 0.229. The number of hydrogen-bond acceptors (Lipinski definition) is 3. The second kappa shape index (κ2) is 7.28. The highest BCUT2D eigenvalue weighted by atomic mass is 32.2. The molecule has 0 fully saturated rings. The molecule has 16 heavy (non-hydrogen) atoms. The Bertz CT molecular complexity index is 342. The van der Waals surface area contributed by atoms with Crippen LogP contribution >= 0.6 is 11.8 Å². The molecule has 0 radical (unpaired) electrons. The molecule has 0 bridgehead atoms. The first kappa shape index (κ1) is 13.0. The molecule has 0 N–H and O–H groups in total. The number of benzene rings is 1. The molecule has 0 unspecified atom stereocenters. The van der Waals surface area contributed by atoms with Gasteiger partial charge in [0.05, 0.1) is 12.4 Å². The van der Waals surface area contributed by atoms with Gasteiger partial charge in [-0.2, -0.15) is 0 Å². The highest BCUT2D eigenvalue weighted by Crippen LogP contribution is 2.18. The number of ether oxygens (including phenoxy) is 1. The zero-order chi connectivity index (χ0) is 11.8. The van der Waals surface area contributed by atoms with E-state index >= 15 is 0 Å². The fraction of sp³-hybridized carbons (Fsp3) is 0.417. The van der Waals surface area contributed by atoms with Gasteiger partial charge in [0.1, 0.15) is 5.82 Å². The number of thioether (sulfide) groups is 1. The first-order valence-electron chi connectivity index (χ1n) is 5.26. The van der Waals surface area contributed by atoms with E-state index in [0.717, 1.165) is 17.7 Å². The van der Waals surface area contributed by atoms with Gasteiger partial charge in [0.15, 0.2) is 0 Å². The van der Waals surface area contributed by atoms with Crippen LogP contribution < -0.4 is 0 Å². The van der Waals surface area contributed by atoms with Crippen LogP contribution in [0, 0.1) is 5.82 Å². The standard InChI is InChI=1S/C12H15FO2S/c1-2-3-7-15-12(14)9-16-11-6-4-5-10(13)8-11/h4-6,8H,2-3,7,9H2,1H3. The van der Waals surface area contributed by atoms with E-state index in [1.54, 1.807) is 12.1 Å². The molecule has 1 rings (SSSR count). The number of halogens is 1. The van der Waals surface area contributed by atoms with Gasteiger partial charge in [-0.05, 0) is 24.6 Å². The van der Waals surface area contributed by atoms with Crippen molar-refractivity contribution in [2.24, 2.45) is 0 Å². The van der Waals surface area contributed by atoms with Crippen LogP contribution in [0.2, 0.25) is 0 Å². The number of unbranched alkanes of at least 4 members (excludes halogenated alkanes) is 1. The van der Waals surface area contributed by atoms with Crippen LogP contribution in [0.4, 0.5) is 4.39 Å². The summed E-state index contributed by atoms with van der Waals surface area (Å²) < 4.78 is 17.8. The molecule has 0 atom stereocenters.